The number of thioether (sulfide) groups is 1. The third kappa shape index (κ3) is 4.28. The first kappa shape index (κ1) is 20.1. The molecule has 1 aromatic heterocycles. The summed E-state index contributed by atoms with van der Waals surface area (Å²) < 4.78 is 2.04. The molecule has 0 aliphatic rings. The van der Waals surface area contributed by atoms with E-state index in [2.05, 4.69) is 79.6 Å². The van der Waals surface area contributed by atoms with Gasteiger partial charge < -0.3 is 5.32 Å². The van der Waals surface area contributed by atoms with Gasteiger partial charge in [-0.25, -0.2) is 0 Å². The maximum Gasteiger partial charge on any atom is 0.230 e. The second kappa shape index (κ2) is 8.19. The molecule has 1 N–H and O–H groups in total. The summed E-state index contributed by atoms with van der Waals surface area (Å²) in [6.45, 7) is 8.66. The standard InChI is InChI=1S/C22H26N4OS/c1-15-8-6-7-9-18(15)26-20(24-25-21(26)28-14-19(27)23-5)16-10-12-17(13-11-16)22(2,3)4/h6-13H,14H2,1-5H3,(H,23,27). The van der Waals surface area contributed by atoms with Crippen molar-refractivity contribution < 1.29 is 4.79 Å². The molecule has 3 aromatic rings. The number of rotatable bonds is 5. The van der Waals surface area contributed by atoms with Crippen molar-refractivity contribution in [3.63, 3.8) is 0 Å². The Hall–Kier alpha value is -2.60. The molecular formula is C22H26N4OS. The van der Waals surface area contributed by atoms with Crippen LogP contribution in [0, 0.1) is 6.92 Å². The van der Waals surface area contributed by atoms with E-state index in [-0.39, 0.29) is 11.3 Å². The van der Waals surface area contributed by atoms with Gasteiger partial charge in [0, 0.05) is 12.6 Å². The lowest BCUT2D eigenvalue weighted by Gasteiger charge is -2.19. The largest absolute Gasteiger partial charge is 0.358 e. The van der Waals surface area contributed by atoms with Gasteiger partial charge in [-0.1, -0.05) is 75.0 Å². The molecule has 0 atom stereocenters. The minimum absolute atomic E-state index is 0.0413. The molecule has 1 amide bonds. The van der Waals surface area contributed by atoms with Crippen molar-refractivity contribution in [2.45, 2.75) is 38.3 Å². The molecule has 0 spiro atoms. The van der Waals surface area contributed by atoms with Crippen LogP contribution in [0.5, 0.6) is 0 Å². The third-order valence-corrected chi connectivity index (χ3v) is 5.54. The van der Waals surface area contributed by atoms with E-state index in [1.54, 1.807) is 7.05 Å². The van der Waals surface area contributed by atoms with Crippen LogP contribution in [0.15, 0.2) is 53.7 Å². The second-order valence-electron chi connectivity index (χ2n) is 7.72. The molecule has 146 valence electrons. The van der Waals surface area contributed by atoms with Gasteiger partial charge in [0.1, 0.15) is 0 Å². The highest BCUT2D eigenvalue weighted by atomic mass is 32.2. The molecule has 0 saturated carbocycles. The Kier molecular flexibility index (Phi) is 5.89. The Morgan fingerprint density at radius 3 is 2.36 bits per heavy atom. The Morgan fingerprint density at radius 1 is 1.07 bits per heavy atom. The minimum atomic E-state index is -0.0413. The number of carbonyl (C=O) groups is 1. The number of aromatic nitrogens is 3. The van der Waals surface area contributed by atoms with Crippen LogP contribution >= 0.6 is 11.8 Å². The van der Waals surface area contributed by atoms with E-state index in [0.717, 1.165) is 22.6 Å². The van der Waals surface area contributed by atoms with E-state index in [4.69, 9.17) is 0 Å². The summed E-state index contributed by atoms with van der Waals surface area (Å²) in [4.78, 5) is 11.7. The molecule has 0 fully saturated rings. The summed E-state index contributed by atoms with van der Waals surface area (Å²) in [5, 5.41) is 12.2. The zero-order valence-electron chi connectivity index (χ0n) is 17.0. The number of amides is 1. The van der Waals surface area contributed by atoms with Gasteiger partial charge in [-0.05, 0) is 29.5 Å². The van der Waals surface area contributed by atoms with Crippen molar-refractivity contribution in [2.75, 3.05) is 12.8 Å². The Morgan fingerprint density at radius 2 is 1.75 bits per heavy atom. The zero-order valence-corrected chi connectivity index (χ0v) is 17.8. The number of hydrogen-bond donors (Lipinski definition) is 1. The molecule has 5 nitrogen and oxygen atoms in total. The monoisotopic (exact) mass is 394 g/mol. The summed E-state index contributed by atoms with van der Waals surface area (Å²) in [5.74, 6) is 1.03. The highest BCUT2D eigenvalue weighted by Gasteiger charge is 2.19. The van der Waals surface area contributed by atoms with Gasteiger partial charge in [-0.15, -0.1) is 10.2 Å². The van der Waals surface area contributed by atoms with E-state index in [1.807, 2.05) is 16.7 Å². The predicted octanol–water partition coefficient (Wildman–Crippen LogP) is 4.38. The number of carbonyl (C=O) groups excluding carboxylic acids is 1. The zero-order chi connectivity index (χ0) is 20.3. The maximum absolute atomic E-state index is 11.7. The van der Waals surface area contributed by atoms with Gasteiger partial charge in [0.2, 0.25) is 5.91 Å². The van der Waals surface area contributed by atoms with Crippen LogP contribution in [0.2, 0.25) is 0 Å². The lowest BCUT2D eigenvalue weighted by atomic mass is 9.87. The molecule has 6 heteroatoms. The van der Waals surface area contributed by atoms with Gasteiger partial charge in [-0.2, -0.15) is 0 Å². The van der Waals surface area contributed by atoms with Gasteiger partial charge in [0.15, 0.2) is 11.0 Å². The Balaban J connectivity index is 2.07. The number of hydrogen-bond acceptors (Lipinski definition) is 4. The van der Waals surface area contributed by atoms with Crippen LogP contribution in [0.1, 0.15) is 31.9 Å². The summed E-state index contributed by atoms with van der Waals surface area (Å²) in [6, 6.07) is 16.6. The Labute approximate surface area is 170 Å². The van der Waals surface area contributed by atoms with Crippen molar-refractivity contribution in [1.29, 1.82) is 0 Å². The van der Waals surface area contributed by atoms with Crippen LogP contribution < -0.4 is 5.32 Å². The molecule has 28 heavy (non-hydrogen) atoms. The maximum atomic E-state index is 11.7. The average molecular weight is 395 g/mol. The van der Waals surface area contributed by atoms with Crippen molar-refractivity contribution in [1.82, 2.24) is 20.1 Å². The second-order valence-corrected chi connectivity index (χ2v) is 8.66. The van der Waals surface area contributed by atoms with Gasteiger partial charge >= 0.3 is 0 Å². The fourth-order valence-electron chi connectivity index (χ4n) is 2.90. The molecular weight excluding hydrogens is 368 g/mol. The number of nitrogens with zero attached hydrogens (tertiary/aromatic N) is 3. The first-order valence-corrected chi connectivity index (χ1v) is 10.3. The van der Waals surface area contributed by atoms with Crippen LogP contribution in [-0.4, -0.2) is 33.5 Å². The molecule has 0 unspecified atom stereocenters. The van der Waals surface area contributed by atoms with Crippen LogP contribution in [-0.2, 0) is 10.2 Å². The van der Waals surface area contributed by atoms with E-state index in [9.17, 15) is 4.79 Å². The molecule has 0 aliphatic heterocycles. The van der Waals surface area contributed by atoms with E-state index < -0.39 is 0 Å². The summed E-state index contributed by atoms with van der Waals surface area (Å²) in [6.07, 6.45) is 0. The normalized spacial score (nSPS) is 11.5. The SMILES string of the molecule is CNC(=O)CSc1nnc(-c2ccc(C(C)(C)C)cc2)n1-c1ccccc1C. The van der Waals surface area contributed by atoms with Crippen molar-refractivity contribution in [2.24, 2.45) is 0 Å². The molecule has 0 aliphatic carbocycles. The molecule has 2 aromatic carbocycles. The first-order valence-electron chi connectivity index (χ1n) is 9.27. The lowest BCUT2D eigenvalue weighted by Crippen LogP contribution is -2.20. The predicted molar refractivity (Wildman–Crippen MR) is 115 cm³/mol. The smallest absolute Gasteiger partial charge is 0.230 e. The quantitative estimate of drug-likeness (QED) is 0.653. The number of aryl methyl sites for hydroxylation is 1. The Bertz CT molecular complexity index is 971. The molecule has 0 bridgehead atoms. The number of benzene rings is 2. The van der Waals surface area contributed by atoms with Crippen LogP contribution in [0.25, 0.3) is 17.1 Å². The number of nitrogens with one attached hydrogen (secondary N) is 1. The summed E-state index contributed by atoms with van der Waals surface area (Å²) >= 11 is 1.38. The fraction of sp³-hybridized carbons (Fsp3) is 0.318. The van der Waals surface area contributed by atoms with Crippen molar-refractivity contribution >= 4 is 17.7 Å². The highest BCUT2D eigenvalue weighted by Crippen LogP contribution is 2.31. The van der Waals surface area contributed by atoms with Crippen LogP contribution in [0.4, 0.5) is 0 Å². The topological polar surface area (TPSA) is 59.8 Å². The van der Waals surface area contributed by atoms with E-state index >= 15 is 0 Å². The van der Waals surface area contributed by atoms with Gasteiger partial charge in [-0.3, -0.25) is 9.36 Å². The molecule has 0 saturated heterocycles. The van der Waals surface area contributed by atoms with Gasteiger partial charge in [0.25, 0.3) is 0 Å². The first-order chi connectivity index (χ1) is 13.3. The minimum Gasteiger partial charge on any atom is -0.358 e. The average Bonchev–Trinajstić information content (AvgIpc) is 3.09. The third-order valence-electron chi connectivity index (χ3n) is 4.61. The van der Waals surface area contributed by atoms with E-state index in [0.29, 0.717) is 10.9 Å². The summed E-state index contributed by atoms with van der Waals surface area (Å²) in [7, 11) is 1.64. The molecule has 1 heterocycles. The number of para-hydroxylation sites is 1. The van der Waals surface area contributed by atoms with Crippen molar-refractivity contribution in [3.8, 4) is 17.1 Å². The van der Waals surface area contributed by atoms with E-state index in [1.165, 1.54) is 17.3 Å². The van der Waals surface area contributed by atoms with Crippen molar-refractivity contribution in [3.05, 3.63) is 59.7 Å². The highest BCUT2D eigenvalue weighted by molar-refractivity contribution is 7.99. The molecule has 3 rings (SSSR count). The van der Waals surface area contributed by atoms with Crippen LogP contribution in [0.3, 0.4) is 0 Å². The fourth-order valence-corrected chi connectivity index (χ4v) is 3.72. The van der Waals surface area contributed by atoms with Gasteiger partial charge in [0.05, 0.1) is 11.4 Å². The molecule has 0 radical (unpaired) electrons. The summed E-state index contributed by atoms with van der Waals surface area (Å²) in [5.41, 5.74) is 4.50. The lowest BCUT2D eigenvalue weighted by molar-refractivity contribution is -0.118.